The van der Waals surface area contributed by atoms with Gasteiger partial charge in [-0.15, -0.1) is 0 Å². The van der Waals surface area contributed by atoms with Gasteiger partial charge in [0.25, 0.3) is 0 Å². The molecule has 1 aliphatic carbocycles. The molecular weight excluding hydrogens is 264 g/mol. The van der Waals surface area contributed by atoms with Crippen LogP contribution in [-0.2, 0) is 4.74 Å². The van der Waals surface area contributed by atoms with Crippen molar-refractivity contribution in [2.75, 3.05) is 6.61 Å². The molecule has 3 nitrogen and oxygen atoms in total. The van der Waals surface area contributed by atoms with Crippen LogP contribution in [0.2, 0.25) is 0 Å². The predicted octanol–water partition coefficient (Wildman–Crippen LogP) is 4.10. The number of ether oxygens (including phenoxy) is 2. The highest BCUT2D eigenvalue weighted by Gasteiger charge is 2.22. The third-order valence-corrected chi connectivity index (χ3v) is 4.14. The first-order valence-electron chi connectivity index (χ1n) is 8.12. The molecule has 1 aromatic carbocycles. The molecule has 0 saturated heterocycles. The van der Waals surface area contributed by atoms with Gasteiger partial charge in [0.05, 0.1) is 18.8 Å². The van der Waals surface area contributed by atoms with Crippen LogP contribution in [0.1, 0.15) is 58.1 Å². The quantitative estimate of drug-likeness (QED) is 0.858. The highest BCUT2D eigenvalue weighted by molar-refractivity contribution is 5.28. The van der Waals surface area contributed by atoms with Crippen LogP contribution in [0.3, 0.4) is 0 Å². The fraction of sp³-hybridized carbons (Fsp3) is 0.667. The van der Waals surface area contributed by atoms with Crippen LogP contribution in [0.5, 0.6) is 5.75 Å². The highest BCUT2D eigenvalue weighted by atomic mass is 16.5. The molecule has 0 radical (unpaired) electrons. The van der Waals surface area contributed by atoms with Gasteiger partial charge >= 0.3 is 0 Å². The normalized spacial score (nSPS) is 24.0. The second-order valence-electron chi connectivity index (χ2n) is 6.38. The van der Waals surface area contributed by atoms with Crippen molar-refractivity contribution in [1.82, 2.24) is 0 Å². The Labute approximate surface area is 128 Å². The summed E-state index contributed by atoms with van der Waals surface area (Å²) in [6.07, 6.45) is 4.81. The highest BCUT2D eigenvalue weighted by Crippen LogP contribution is 2.27. The monoisotopic (exact) mass is 292 g/mol. The predicted molar refractivity (Wildman–Crippen MR) is 84.5 cm³/mol. The summed E-state index contributed by atoms with van der Waals surface area (Å²) >= 11 is 0. The van der Waals surface area contributed by atoms with E-state index in [9.17, 15) is 5.11 Å². The molecule has 0 amide bonds. The van der Waals surface area contributed by atoms with Gasteiger partial charge in [-0.3, -0.25) is 0 Å². The lowest BCUT2D eigenvalue weighted by Crippen LogP contribution is -2.27. The molecule has 1 aromatic rings. The minimum atomic E-state index is -0.563. The van der Waals surface area contributed by atoms with E-state index in [-0.39, 0.29) is 6.10 Å². The van der Waals surface area contributed by atoms with E-state index in [0.29, 0.717) is 18.6 Å². The zero-order valence-electron chi connectivity index (χ0n) is 13.4. The van der Waals surface area contributed by atoms with Gasteiger partial charge in [-0.05, 0) is 50.3 Å². The van der Waals surface area contributed by atoms with Crippen molar-refractivity contribution in [3.8, 4) is 5.75 Å². The van der Waals surface area contributed by atoms with Crippen molar-refractivity contribution >= 4 is 0 Å². The Morgan fingerprint density at radius 3 is 2.43 bits per heavy atom. The fourth-order valence-corrected chi connectivity index (χ4v) is 2.88. The summed E-state index contributed by atoms with van der Waals surface area (Å²) in [5.74, 6) is 1.44. The van der Waals surface area contributed by atoms with Crippen LogP contribution in [0, 0.1) is 5.92 Å². The average Bonchev–Trinajstić information content (AvgIpc) is 2.46. The third kappa shape index (κ3) is 5.01. The lowest BCUT2D eigenvalue weighted by atomic mass is 9.88. The summed E-state index contributed by atoms with van der Waals surface area (Å²) in [7, 11) is 0. The van der Waals surface area contributed by atoms with Crippen LogP contribution in [0.25, 0.3) is 0 Å². The van der Waals surface area contributed by atoms with Gasteiger partial charge < -0.3 is 14.6 Å². The number of benzene rings is 1. The van der Waals surface area contributed by atoms with E-state index >= 15 is 0 Å². The van der Waals surface area contributed by atoms with Gasteiger partial charge in [0, 0.05) is 0 Å². The summed E-state index contributed by atoms with van der Waals surface area (Å²) in [6, 6.07) is 7.63. The molecular formula is C18H28O3. The fourth-order valence-electron chi connectivity index (χ4n) is 2.88. The Balaban J connectivity index is 1.83. The topological polar surface area (TPSA) is 38.7 Å². The number of aliphatic hydroxyl groups excluding tert-OH is 1. The molecule has 1 aliphatic rings. The van der Waals surface area contributed by atoms with Crippen molar-refractivity contribution < 1.29 is 14.6 Å². The smallest absolute Gasteiger partial charge is 0.119 e. The zero-order chi connectivity index (χ0) is 15.2. The van der Waals surface area contributed by atoms with Gasteiger partial charge in [-0.2, -0.15) is 0 Å². The molecule has 0 bridgehead atoms. The molecule has 21 heavy (non-hydrogen) atoms. The number of aliphatic hydroxyl groups is 1. The van der Waals surface area contributed by atoms with Crippen molar-refractivity contribution in [3.63, 3.8) is 0 Å². The molecule has 0 heterocycles. The first-order valence-corrected chi connectivity index (χ1v) is 8.12. The Morgan fingerprint density at radius 1 is 1.14 bits per heavy atom. The van der Waals surface area contributed by atoms with Crippen molar-refractivity contribution in [2.45, 2.75) is 64.8 Å². The van der Waals surface area contributed by atoms with Crippen LogP contribution >= 0.6 is 0 Å². The van der Waals surface area contributed by atoms with Crippen molar-refractivity contribution in [2.24, 2.45) is 5.92 Å². The van der Waals surface area contributed by atoms with Gasteiger partial charge in [0.15, 0.2) is 0 Å². The van der Waals surface area contributed by atoms with Crippen LogP contribution in [0.4, 0.5) is 0 Å². The van der Waals surface area contributed by atoms with Gasteiger partial charge in [0.1, 0.15) is 11.9 Å². The number of hydrogen-bond donors (Lipinski definition) is 1. The van der Waals surface area contributed by atoms with Crippen LogP contribution in [0.15, 0.2) is 24.3 Å². The summed E-state index contributed by atoms with van der Waals surface area (Å²) in [5.41, 5.74) is 0.884. The summed E-state index contributed by atoms with van der Waals surface area (Å²) in [6.45, 7) is 6.62. The van der Waals surface area contributed by atoms with E-state index in [1.54, 1.807) is 0 Å². The summed E-state index contributed by atoms with van der Waals surface area (Å²) < 4.78 is 11.5. The number of hydrogen-bond acceptors (Lipinski definition) is 3. The molecule has 2 rings (SSSR count). The van der Waals surface area contributed by atoms with E-state index in [2.05, 4.69) is 6.92 Å². The van der Waals surface area contributed by atoms with Crippen molar-refractivity contribution in [3.05, 3.63) is 29.8 Å². The van der Waals surface area contributed by atoms with E-state index in [1.165, 1.54) is 19.3 Å². The van der Waals surface area contributed by atoms with Crippen LogP contribution < -0.4 is 4.74 Å². The molecule has 1 fully saturated rings. The maximum absolute atomic E-state index is 10.2. The first-order chi connectivity index (χ1) is 10.1. The Bertz CT molecular complexity index is 413. The van der Waals surface area contributed by atoms with Crippen LogP contribution in [-0.4, -0.2) is 23.9 Å². The number of rotatable bonds is 6. The summed E-state index contributed by atoms with van der Waals surface area (Å²) in [5, 5.41) is 10.2. The third-order valence-electron chi connectivity index (χ3n) is 4.14. The maximum atomic E-state index is 10.2. The summed E-state index contributed by atoms with van der Waals surface area (Å²) in [4.78, 5) is 0. The minimum absolute atomic E-state index is 0.164. The van der Waals surface area contributed by atoms with E-state index in [1.807, 2.05) is 38.1 Å². The second-order valence-corrected chi connectivity index (χ2v) is 6.38. The maximum Gasteiger partial charge on any atom is 0.119 e. The SMILES string of the molecule is CC(C)Oc1ccc(C(O)COC2CCCCC2C)cc1. The lowest BCUT2D eigenvalue weighted by Gasteiger charge is -2.29. The van der Waals surface area contributed by atoms with E-state index in [0.717, 1.165) is 17.7 Å². The Hall–Kier alpha value is -1.06. The van der Waals surface area contributed by atoms with Gasteiger partial charge in [-0.1, -0.05) is 31.9 Å². The zero-order valence-corrected chi connectivity index (χ0v) is 13.4. The molecule has 0 aromatic heterocycles. The minimum Gasteiger partial charge on any atom is -0.491 e. The van der Waals surface area contributed by atoms with E-state index in [4.69, 9.17) is 9.47 Å². The first kappa shape index (κ1) is 16.3. The molecule has 3 unspecified atom stereocenters. The van der Waals surface area contributed by atoms with Gasteiger partial charge in [-0.25, -0.2) is 0 Å². The Kier molecular flexibility index (Phi) is 6.07. The lowest BCUT2D eigenvalue weighted by molar-refractivity contribution is -0.0467. The van der Waals surface area contributed by atoms with Crippen molar-refractivity contribution in [1.29, 1.82) is 0 Å². The van der Waals surface area contributed by atoms with E-state index < -0.39 is 6.10 Å². The second kappa shape index (κ2) is 7.81. The molecule has 118 valence electrons. The molecule has 1 N–H and O–H groups in total. The van der Waals surface area contributed by atoms with Gasteiger partial charge in [0.2, 0.25) is 0 Å². The largest absolute Gasteiger partial charge is 0.491 e. The molecule has 0 spiro atoms. The standard InChI is InChI=1S/C18H28O3/c1-13(2)21-16-10-8-15(9-11-16)17(19)12-20-18-7-5-4-6-14(18)3/h8-11,13-14,17-19H,4-7,12H2,1-3H3. The Morgan fingerprint density at radius 2 is 1.81 bits per heavy atom. The molecule has 3 atom stereocenters. The average molecular weight is 292 g/mol. The molecule has 0 aliphatic heterocycles. The molecule has 1 saturated carbocycles. The molecule has 3 heteroatoms.